The van der Waals surface area contributed by atoms with Crippen molar-refractivity contribution in [2.24, 2.45) is 11.3 Å². The SMILES string of the molecule is CN(C)C(CNC(=O)C1CCN(C(=O)C(C)(C)C)CC1)Cc1ccccc1. The lowest BCUT2D eigenvalue weighted by atomic mass is 9.90. The molecule has 1 aliphatic rings. The van der Waals surface area contributed by atoms with E-state index in [4.69, 9.17) is 0 Å². The van der Waals surface area contributed by atoms with E-state index in [1.54, 1.807) is 0 Å². The number of likely N-dealkylation sites (tertiary alicyclic amines) is 1. The molecule has 1 atom stereocenters. The number of benzene rings is 1. The van der Waals surface area contributed by atoms with Crippen LogP contribution in [-0.4, -0.2) is 61.4 Å². The standard InChI is InChI=1S/C22H35N3O2/c1-22(2,3)21(27)25-13-11-18(12-14-25)20(26)23-16-19(24(4)5)15-17-9-7-6-8-10-17/h6-10,18-19H,11-16H2,1-5H3,(H,23,26). The van der Waals surface area contributed by atoms with E-state index in [1.165, 1.54) is 5.56 Å². The van der Waals surface area contributed by atoms with Crippen LogP contribution in [-0.2, 0) is 16.0 Å². The van der Waals surface area contributed by atoms with Crippen LogP contribution in [0.15, 0.2) is 30.3 Å². The average molecular weight is 374 g/mol. The molecule has 1 N–H and O–H groups in total. The Labute approximate surface area is 164 Å². The van der Waals surface area contributed by atoms with Gasteiger partial charge in [-0.25, -0.2) is 0 Å². The first-order chi connectivity index (χ1) is 12.7. The molecule has 0 spiro atoms. The number of amides is 2. The van der Waals surface area contributed by atoms with Crippen molar-refractivity contribution in [1.82, 2.24) is 15.1 Å². The molecule has 0 bridgehead atoms. The lowest BCUT2D eigenvalue weighted by Gasteiger charge is -2.35. The van der Waals surface area contributed by atoms with Gasteiger partial charge in [-0.05, 0) is 38.9 Å². The summed E-state index contributed by atoms with van der Waals surface area (Å²) in [6.45, 7) is 7.83. The third-order valence-electron chi connectivity index (χ3n) is 5.35. The number of nitrogens with zero attached hydrogens (tertiary/aromatic N) is 2. The van der Waals surface area contributed by atoms with Gasteiger partial charge in [-0.15, -0.1) is 0 Å². The van der Waals surface area contributed by atoms with Gasteiger partial charge in [0.15, 0.2) is 0 Å². The van der Waals surface area contributed by atoms with Gasteiger partial charge in [-0.1, -0.05) is 51.1 Å². The number of carbonyl (C=O) groups is 2. The van der Waals surface area contributed by atoms with Gasteiger partial charge in [0.2, 0.25) is 11.8 Å². The Hall–Kier alpha value is -1.88. The minimum Gasteiger partial charge on any atom is -0.354 e. The molecule has 5 nitrogen and oxygen atoms in total. The number of carbonyl (C=O) groups excluding carboxylic acids is 2. The van der Waals surface area contributed by atoms with E-state index in [2.05, 4.69) is 36.4 Å². The summed E-state index contributed by atoms with van der Waals surface area (Å²) in [6.07, 6.45) is 2.41. The van der Waals surface area contributed by atoms with E-state index in [0.29, 0.717) is 19.6 Å². The Kier molecular flexibility index (Phi) is 7.42. The second-order valence-corrected chi connectivity index (χ2v) is 8.87. The molecular weight excluding hydrogens is 338 g/mol. The summed E-state index contributed by atoms with van der Waals surface area (Å²) >= 11 is 0. The van der Waals surface area contributed by atoms with E-state index in [1.807, 2.05) is 43.9 Å². The summed E-state index contributed by atoms with van der Waals surface area (Å²) in [5, 5.41) is 3.14. The minimum absolute atomic E-state index is 0.00792. The Bertz CT molecular complexity index is 614. The fourth-order valence-corrected chi connectivity index (χ4v) is 3.51. The van der Waals surface area contributed by atoms with Crippen LogP contribution in [0.3, 0.4) is 0 Å². The van der Waals surface area contributed by atoms with E-state index >= 15 is 0 Å². The predicted octanol–water partition coefficient (Wildman–Crippen LogP) is 2.56. The zero-order valence-corrected chi connectivity index (χ0v) is 17.5. The van der Waals surface area contributed by atoms with Gasteiger partial charge in [-0.2, -0.15) is 0 Å². The number of hydrogen-bond donors (Lipinski definition) is 1. The summed E-state index contributed by atoms with van der Waals surface area (Å²) in [6, 6.07) is 10.6. The molecule has 0 radical (unpaired) electrons. The van der Waals surface area contributed by atoms with Crippen LogP contribution in [0.1, 0.15) is 39.2 Å². The Morgan fingerprint density at radius 1 is 1.15 bits per heavy atom. The maximum absolute atomic E-state index is 12.6. The summed E-state index contributed by atoms with van der Waals surface area (Å²) in [4.78, 5) is 29.1. The van der Waals surface area contributed by atoms with Crippen molar-refractivity contribution in [3.63, 3.8) is 0 Å². The highest BCUT2D eigenvalue weighted by Gasteiger charge is 2.32. The average Bonchev–Trinajstić information content (AvgIpc) is 2.64. The molecule has 5 heteroatoms. The van der Waals surface area contributed by atoms with Crippen LogP contribution < -0.4 is 5.32 Å². The molecule has 0 aromatic heterocycles. The third-order valence-corrected chi connectivity index (χ3v) is 5.35. The topological polar surface area (TPSA) is 52.7 Å². The Balaban J connectivity index is 1.82. The molecule has 1 aliphatic heterocycles. The molecule has 150 valence electrons. The number of rotatable bonds is 6. The Morgan fingerprint density at radius 2 is 1.74 bits per heavy atom. The zero-order valence-electron chi connectivity index (χ0n) is 17.5. The number of nitrogens with one attached hydrogen (secondary N) is 1. The van der Waals surface area contributed by atoms with Crippen LogP contribution >= 0.6 is 0 Å². The van der Waals surface area contributed by atoms with Crippen molar-refractivity contribution in [2.75, 3.05) is 33.7 Å². The molecule has 1 fully saturated rings. The molecule has 2 rings (SSSR count). The lowest BCUT2D eigenvalue weighted by Crippen LogP contribution is -2.48. The molecule has 1 aromatic rings. The van der Waals surface area contributed by atoms with Gasteiger partial charge < -0.3 is 15.1 Å². The van der Waals surface area contributed by atoms with Crippen molar-refractivity contribution in [3.05, 3.63) is 35.9 Å². The summed E-state index contributed by atoms with van der Waals surface area (Å²) in [5.74, 6) is 0.309. The van der Waals surface area contributed by atoms with E-state index in [0.717, 1.165) is 19.3 Å². The van der Waals surface area contributed by atoms with Gasteiger partial charge in [0, 0.05) is 37.0 Å². The minimum atomic E-state index is -0.356. The van der Waals surface area contributed by atoms with Crippen LogP contribution in [0.2, 0.25) is 0 Å². The first-order valence-electron chi connectivity index (χ1n) is 9.96. The van der Waals surface area contributed by atoms with Crippen molar-refractivity contribution in [3.8, 4) is 0 Å². The Morgan fingerprint density at radius 3 is 2.26 bits per heavy atom. The largest absolute Gasteiger partial charge is 0.354 e. The molecule has 0 saturated carbocycles. The van der Waals surface area contributed by atoms with Crippen molar-refractivity contribution < 1.29 is 9.59 Å². The first kappa shape index (κ1) is 21.4. The summed E-state index contributed by atoms with van der Waals surface area (Å²) in [7, 11) is 4.10. The summed E-state index contributed by atoms with van der Waals surface area (Å²) in [5.41, 5.74) is 0.922. The number of piperidine rings is 1. The molecule has 1 aromatic carbocycles. The molecule has 0 aliphatic carbocycles. The second kappa shape index (κ2) is 9.36. The van der Waals surface area contributed by atoms with Gasteiger partial charge in [0.05, 0.1) is 0 Å². The van der Waals surface area contributed by atoms with Crippen molar-refractivity contribution >= 4 is 11.8 Å². The highest BCUT2D eigenvalue weighted by atomic mass is 16.2. The fourth-order valence-electron chi connectivity index (χ4n) is 3.51. The summed E-state index contributed by atoms with van der Waals surface area (Å²) < 4.78 is 0. The molecule has 2 amide bonds. The zero-order chi connectivity index (χ0) is 20.0. The van der Waals surface area contributed by atoms with Gasteiger partial charge in [0.25, 0.3) is 0 Å². The maximum Gasteiger partial charge on any atom is 0.227 e. The van der Waals surface area contributed by atoms with Gasteiger partial charge >= 0.3 is 0 Å². The fraction of sp³-hybridized carbons (Fsp3) is 0.636. The molecular formula is C22H35N3O2. The first-order valence-corrected chi connectivity index (χ1v) is 9.96. The van der Waals surface area contributed by atoms with Crippen molar-refractivity contribution in [1.29, 1.82) is 0 Å². The van der Waals surface area contributed by atoms with Crippen LogP contribution in [0, 0.1) is 11.3 Å². The van der Waals surface area contributed by atoms with E-state index in [9.17, 15) is 9.59 Å². The molecule has 27 heavy (non-hydrogen) atoms. The van der Waals surface area contributed by atoms with Gasteiger partial charge in [-0.3, -0.25) is 9.59 Å². The number of likely N-dealkylation sites (N-methyl/N-ethyl adjacent to an activating group) is 1. The maximum atomic E-state index is 12.6. The van der Waals surface area contributed by atoms with Crippen LogP contribution in [0.5, 0.6) is 0 Å². The van der Waals surface area contributed by atoms with E-state index < -0.39 is 0 Å². The van der Waals surface area contributed by atoms with Crippen molar-refractivity contribution in [2.45, 2.75) is 46.1 Å². The highest BCUT2D eigenvalue weighted by Crippen LogP contribution is 2.23. The highest BCUT2D eigenvalue weighted by molar-refractivity contribution is 5.82. The van der Waals surface area contributed by atoms with E-state index in [-0.39, 0.29) is 29.2 Å². The second-order valence-electron chi connectivity index (χ2n) is 8.87. The molecule has 1 saturated heterocycles. The lowest BCUT2D eigenvalue weighted by molar-refractivity contribution is -0.142. The molecule has 1 heterocycles. The monoisotopic (exact) mass is 373 g/mol. The third kappa shape index (κ3) is 6.35. The molecule has 1 unspecified atom stereocenters. The normalized spacial score (nSPS) is 17.0. The predicted molar refractivity (Wildman–Crippen MR) is 109 cm³/mol. The van der Waals surface area contributed by atoms with Gasteiger partial charge in [0.1, 0.15) is 0 Å². The number of hydrogen-bond acceptors (Lipinski definition) is 3. The quantitative estimate of drug-likeness (QED) is 0.834. The smallest absolute Gasteiger partial charge is 0.227 e. The van der Waals surface area contributed by atoms with Crippen LogP contribution in [0.4, 0.5) is 0 Å². The van der Waals surface area contributed by atoms with Crippen LogP contribution in [0.25, 0.3) is 0 Å².